The Kier molecular flexibility index (Phi) is 8.18. The summed E-state index contributed by atoms with van der Waals surface area (Å²) in [6.07, 6.45) is 4.70. The van der Waals surface area contributed by atoms with E-state index in [1.54, 1.807) is 13.8 Å². The monoisotopic (exact) mass is 485 g/mol. The Labute approximate surface area is 200 Å². The number of amides is 3. The molecule has 3 atom stereocenters. The fourth-order valence-corrected chi connectivity index (χ4v) is 3.86. The van der Waals surface area contributed by atoms with Gasteiger partial charge in [0.05, 0.1) is 0 Å². The smallest absolute Gasteiger partial charge is 0.328 e. The number of carbonyl (C=O) groups is 4. The molecule has 2 aromatic heterocycles. The molecule has 3 amide bonds. The van der Waals surface area contributed by atoms with E-state index in [-0.39, 0.29) is 36.0 Å². The van der Waals surface area contributed by atoms with Gasteiger partial charge in [-0.2, -0.15) is 0 Å². The highest BCUT2D eigenvalue weighted by Gasteiger charge is 2.29. The number of carbonyl (C=O) groups excluding carboxylic acids is 3. The summed E-state index contributed by atoms with van der Waals surface area (Å²) in [6, 6.07) is 2.69. The number of pyridine rings is 1. The van der Waals surface area contributed by atoms with Gasteiger partial charge in [0.15, 0.2) is 5.69 Å². The number of hydrogen-bond acceptors (Lipinski definition) is 7. The zero-order valence-electron chi connectivity index (χ0n) is 19.3. The maximum absolute atomic E-state index is 13.1. The van der Waals surface area contributed by atoms with Crippen LogP contribution in [0.15, 0.2) is 45.9 Å². The molecule has 3 heterocycles. The number of aliphatic carboxylic acids is 1. The minimum atomic E-state index is -1.19. The molecule has 0 unspecified atom stereocenters. The lowest BCUT2D eigenvalue weighted by atomic mass is 9.97. The molecule has 1 aliphatic rings. The first kappa shape index (κ1) is 25.4. The molecule has 0 bridgehead atoms. The number of nitrogens with one attached hydrogen (secondary N) is 3. The van der Waals surface area contributed by atoms with Gasteiger partial charge in [0, 0.05) is 36.8 Å². The molecular formula is C23H27N5O7. The van der Waals surface area contributed by atoms with Gasteiger partial charge in [-0.3, -0.25) is 19.2 Å². The van der Waals surface area contributed by atoms with E-state index in [2.05, 4.69) is 21.1 Å². The van der Waals surface area contributed by atoms with Crippen LogP contribution in [0.1, 0.15) is 48.5 Å². The summed E-state index contributed by atoms with van der Waals surface area (Å²) in [5.74, 6) is -2.42. The number of carboxylic acid groups (broad SMARTS) is 1. The van der Waals surface area contributed by atoms with Crippen molar-refractivity contribution in [3.8, 4) is 0 Å². The van der Waals surface area contributed by atoms with Crippen LogP contribution < -0.4 is 21.5 Å². The average molecular weight is 485 g/mol. The van der Waals surface area contributed by atoms with E-state index in [1.165, 1.54) is 35.0 Å². The molecule has 3 rings (SSSR count). The van der Waals surface area contributed by atoms with Gasteiger partial charge < -0.3 is 30.1 Å². The number of hydrogen-bond donors (Lipinski definition) is 4. The van der Waals surface area contributed by atoms with Crippen molar-refractivity contribution in [3.05, 3.63) is 58.4 Å². The Morgan fingerprint density at radius 1 is 1.37 bits per heavy atom. The largest absolute Gasteiger partial charge is 0.478 e. The molecule has 0 saturated carbocycles. The van der Waals surface area contributed by atoms with Crippen LogP contribution in [-0.4, -0.2) is 51.1 Å². The van der Waals surface area contributed by atoms with Crippen molar-refractivity contribution in [1.82, 2.24) is 20.4 Å². The van der Waals surface area contributed by atoms with Crippen molar-refractivity contribution in [2.24, 2.45) is 5.92 Å². The normalized spacial score (nSPS) is 17.1. The Balaban J connectivity index is 1.79. The lowest BCUT2D eigenvalue weighted by Gasteiger charge is -2.23. The van der Waals surface area contributed by atoms with Crippen LogP contribution in [0, 0.1) is 12.8 Å². The topological polar surface area (TPSA) is 173 Å². The van der Waals surface area contributed by atoms with Crippen LogP contribution in [0.5, 0.6) is 0 Å². The molecule has 12 nitrogen and oxygen atoms in total. The lowest BCUT2D eigenvalue weighted by Crippen LogP contribution is -2.42. The standard InChI is InChI=1S/C23H27N5O7/c1-3-18(22(33)25-15(6-7-19(29)30)12-14-8-9-24-20(14)31)28-10-4-5-16(23(28)34)26-21(32)17-11-13(2)35-27-17/h4-7,10-11,14-15,18H,3,8-9,12H2,1-2H3,(H,24,31)(H,25,33)(H,26,32)(H,29,30)/t14-,15+,18-/m0/s1. The van der Waals surface area contributed by atoms with Gasteiger partial charge in [0.25, 0.3) is 11.5 Å². The Morgan fingerprint density at radius 3 is 2.74 bits per heavy atom. The van der Waals surface area contributed by atoms with E-state index in [9.17, 15) is 24.0 Å². The lowest BCUT2D eigenvalue weighted by molar-refractivity contribution is -0.131. The first-order valence-electron chi connectivity index (χ1n) is 11.1. The number of rotatable bonds is 10. The van der Waals surface area contributed by atoms with E-state index >= 15 is 0 Å². The van der Waals surface area contributed by atoms with Crippen molar-refractivity contribution in [2.45, 2.75) is 45.2 Å². The van der Waals surface area contributed by atoms with Gasteiger partial charge in [-0.25, -0.2) is 4.79 Å². The van der Waals surface area contributed by atoms with Gasteiger partial charge in [0.2, 0.25) is 11.8 Å². The zero-order valence-corrected chi connectivity index (χ0v) is 19.3. The summed E-state index contributed by atoms with van der Waals surface area (Å²) < 4.78 is 6.07. The number of anilines is 1. The molecule has 0 aliphatic carbocycles. The number of carboxylic acids is 1. The van der Waals surface area contributed by atoms with Crippen molar-refractivity contribution in [2.75, 3.05) is 11.9 Å². The number of aryl methyl sites for hydroxylation is 1. The summed E-state index contributed by atoms with van der Waals surface area (Å²) in [6.45, 7) is 3.86. The van der Waals surface area contributed by atoms with Crippen molar-refractivity contribution >= 4 is 29.4 Å². The van der Waals surface area contributed by atoms with Crippen molar-refractivity contribution < 1.29 is 28.8 Å². The van der Waals surface area contributed by atoms with Crippen LogP contribution in [0.4, 0.5) is 5.69 Å². The molecular weight excluding hydrogens is 458 g/mol. The minimum absolute atomic E-state index is 0.00565. The second-order valence-electron chi connectivity index (χ2n) is 8.16. The third-order valence-corrected chi connectivity index (χ3v) is 5.61. The molecule has 0 spiro atoms. The third kappa shape index (κ3) is 6.43. The van der Waals surface area contributed by atoms with Crippen LogP contribution in [0.2, 0.25) is 0 Å². The molecule has 1 fully saturated rings. The van der Waals surface area contributed by atoms with E-state index in [1.807, 2.05) is 0 Å². The summed E-state index contributed by atoms with van der Waals surface area (Å²) in [7, 11) is 0. The van der Waals surface area contributed by atoms with E-state index in [4.69, 9.17) is 9.63 Å². The second-order valence-corrected chi connectivity index (χ2v) is 8.16. The van der Waals surface area contributed by atoms with Crippen LogP contribution >= 0.6 is 0 Å². The Bertz CT molecular complexity index is 1200. The van der Waals surface area contributed by atoms with Crippen LogP contribution in [0.25, 0.3) is 0 Å². The molecule has 12 heteroatoms. The molecule has 0 radical (unpaired) electrons. The quantitative estimate of drug-likeness (QED) is 0.361. The predicted octanol–water partition coefficient (Wildman–Crippen LogP) is 1.000. The van der Waals surface area contributed by atoms with Gasteiger partial charge >= 0.3 is 5.97 Å². The third-order valence-electron chi connectivity index (χ3n) is 5.61. The molecule has 2 aromatic rings. The molecule has 35 heavy (non-hydrogen) atoms. The van der Waals surface area contributed by atoms with Gasteiger partial charge in [-0.15, -0.1) is 0 Å². The fourth-order valence-electron chi connectivity index (χ4n) is 3.86. The summed E-state index contributed by atoms with van der Waals surface area (Å²) in [4.78, 5) is 61.5. The molecule has 1 aliphatic heterocycles. The highest BCUT2D eigenvalue weighted by Crippen LogP contribution is 2.18. The van der Waals surface area contributed by atoms with Gasteiger partial charge in [-0.1, -0.05) is 18.2 Å². The van der Waals surface area contributed by atoms with E-state index in [0.717, 1.165) is 6.08 Å². The van der Waals surface area contributed by atoms with E-state index in [0.29, 0.717) is 18.7 Å². The van der Waals surface area contributed by atoms with Gasteiger partial charge in [-0.05, 0) is 38.3 Å². The molecule has 186 valence electrons. The highest BCUT2D eigenvalue weighted by molar-refractivity contribution is 6.02. The Morgan fingerprint density at radius 2 is 2.14 bits per heavy atom. The highest BCUT2D eigenvalue weighted by atomic mass is 16.5. The van der Waals surface area contributed by atoms with E-state index < -0.39 is 35.4 Å². The van der Waals surface area contributed by atoms with Gasteiger partial charge in [0.1, 0.15) is 17.5 Å². The molecule has 0 aromatic carbocycles. The number of nitrogens with zero attached hydrogens (tertiary/aromatic N) is 2. The summed E-state index contributed by atoms with van der Waals surface area (Å²) in [5.41, 5.74) is -0.642. The predicted molar refractivity (Wildman–Crippen MR) is 124 cm³/mol. The average Bonchev–Trinajstić information content (AvgIpc) is 3.43. The zero-order chi connectivity index (χ0) is 25.5. The minimum Gasteiger partial charge on any atom is -0.478 e. The number of aromatic nitrogens is 2. The second kappa shape index (κ2) is 11.3. The first-order chi connectivity index (χ1) is 16.7. The fraction of sp³-hybridized carbons (Fsp3) is 0.391. The molecule has 1 saturated heterocycles. The van der Waals surface area contributed by atoms with Crippen LogP contribution in [0.3, 0.4) is 0 Å². The maximum atomic E-state index is 13.1. The van der Waals surface area contributed by atoms with Crippen LogP contribution in [-0.2, 0) is 14.4 Å². The molecule has 4 N–H and O–H groups in total. The summed E-state index contributed by atoms with van der Waals surface area (Å²) >= 11 is 0. The SMILES string of the molecule is CC[C@@H](C(=O)N[C@H](C=CC(=O)O)C[C@@H]1CCNC1=O)n1cccc(NC(=O)c2cc(C)on2)c1=O. The van der Waals surface area contributed by atoms with Crippen molar-refractivity contribution in [3.63, 3.8) is 0 Å². The first-order valence-corrected chi connectivity index (χ1v) is 11.1. The summed E-state index contributed by atoms with van der Waals surface area (Å²) in [5, 5.41) is 20.6. The Hall–Kier alpha value is -4.22. The maximum Gasteiger partial charge on any atom is 0.328 e. The van der Waals surface area contributed by atoms with Crippen molar-refractivity contribution in [1.29, 1.82) is 0 Å².